The van der Waals surface area contributed by atoms with Crippen LogP contribution in [0.1, 0.15) is 13.8 Å². The Labute approximate surface area is 101 Å². The van der Waals surface area contributed by atoms with Gasteiger partial charge in [0, 0.05) is 6.07 Å². The number of likely N-dealkylation sites (N-methyl/N-ethyl adjacent to an activating group) is 1. The molecule has 18 heavy (non-hydrogen) atoms. The molecule has 1 amide bonds. The lowest BCUT2D eigenvalue weighted by atomic mass is 10.0. The fraction of sp³-hybridized carbons (Fsp3) is 0.364. The van der Waals surface area contributed by atoms with Gasteiger partial charge >= 0.3 is 0 Å². The second-order valence-corrected chi connectivity index (χ2v) is 4.17. The standard InChI is InChI=1S/C11H12F4N2O/c1-11(2,16-3)10(18)17-9-7(14)5(12)4-6(13)8(9)15/h4,16H,1-3H3,(H,17,18). The first-order chi connectivity index (χ1) is 8.20. The summed E-state index contributed by atoms with van der Waals surface area (Å²) in [5.41, 5.74) is -2.29. The van der Waals surface area contributed by atoms with Crippen molar-refractivity contribution in [1.29, 1.82) is 0 Å². The highest BCUT2D eigenvalue weighted by molar-refractivity contribution is 5.97. The van der Waals surface area contributed by atoms with Gasteiger partial charge in [-0.05, 0) is 20.9 Å². The van der Waals surface area contributed by atoms with Crippen LogP contribution in [-0.2, 0) is 4.79 Å². The zero-order valence-corrected chi connectivity index (χ0v) is 10.00. The van der Waals surface area contributed by atoms with Crippen molar-refractivity contribution < 1.29 is 22.4 Å². The highest BCUT2D eigenvalue weighted by Gasteiger charge is 2.28. The molecule has 3 nitrogen and oxygen atoms in total. The molecule has 1 aromatic carbocycles. The van der Waals surface area contributed by atoms with Gasteiger partial charge in [-0.2, -0.15) is 0 Å². The van der Waals surface area contributed by atoms with E-state index in [4.69, 9.17) is 0 Å². The van der Waals surface area contributed by atoms with Crippen LogP contribution in [0.2, 0.25) is 0 Å². The monoisotopic (exact) mass is 264 g/mol. The lowest BCUT2D eigenvalue weighted by Gasteiger charge is -2.23. The third-order valence-corrected chi connectivity index (χ3v) is 2.54. The number of benzene rings is 1. The van der Waals surface area contributed by atoms with Crippen molar-refractivity contribution in [1.82, 2.24) is 5.32 Å². The summed E-state index contributed by atoms with van der Waals surface area (Å²) in [5, 5.41) is 4.40. The van der Waals surface area contributed by atoms with E-state index in [2.05, 4.69) is 5.32 Å². The number of hydrogen-bond donors (Lipinski definition) is 2. The Kier molecular flexibility index (Phi) is 3.95. The fourth-order valence-corrected chi connectivity index (χ4v) is 1.07. The van der Waals surface area contributed by atoms with Gasteiger partial charge in [-0.3, -0.25) is 4.79 Å². The second-order valence-electron chi connectivity index (χ2n) is 4.17. The van der Waals surface area contributed by atoms with Crippen LogP contribution in [0.15, 0.2) is 6.07 Å². The van der Waals surface area contributed by atoms with E-state index in [0.29, 0.717) is 0 Å². The van der Waals surface area contributed by atoms with Gasteiger partial charge in [-0.15, -0.1) is 0 Å². The fourth-order valence-electron chi connectivity index (χ4n) is 1.07. The largest absolute Gasteiger partial charge is 0.319 e. The average molecular weight is 264 g/mol. The quantitative estimate of drug-likeness (QED) is 0.649. The van der Waals surface area contributed by atoms with E-state index in [-0.39, 0.29) is 6.07 Å². The van der Waals surface area contributed by atoms with Crippen LogP contribution < -0.4 is 10.6 Å². The van der Waals surface area contributed by atoms with Crippen LogP contribution in [0.4, 0.5) is 23.2 Å². The van der Waals surface area contributed by atoms with Crippen LogP contribution in [0, 0.1) is 23.3 Å². The number of carbonyl (C=O) groups is 1. The smallest absolute Gasteiger partial charge is 0.244 e. The lowest BCUT2D eigenvalue weighted by molar-refractivity contribution is -0.121. The van der Waals surface area contributed by atoms with Gasteiger partial charge in [0.05, 0.1) is 5.54 Å². The Morgan fingerprint density at radius 3 is 1.94 bits per heavy atom. The van der Waals surface area contributed by atoms with Crippen molar-refractivity contribution in [2.45, 2.75) is 19.4 Å². The SMILES string of the molecule is CNC(C)(C)C(=O)Nc1c(F)c(F)cc(F)c1F. The molecule has 0 fully saturated rings. The zero-order valence-electron chi connectivity index (χ0n) is 10.00. The van der Waals surface area contributed by atoms with Crippen molar-refractivity contribution in [3.63, 3.8) is 0 Å². The van der Waals surface area contributed by atoms with E-state index in [1.807, 2.05) is 5.32 Å². The number of amides is 1. The van der Waals surface area contributed by atoms with E-state index in [1.54, 1.807) is 0 Å². The Morgan fingerprint density at radius 2 is 1.56 bits per heavy atom. The zero-order chi connectivity index (χ0) is 14.1. The first-order valence-corrected chi connectivity index (χ1v) is 5.04. The molecule has 0 atom stereocenters. The van der Waals surface area contributed by atoms with Gasteiger partial charge in [-0.25, -0.2) is 17.6 Å². The predicted octanol–water partition coefficient (Wildman–Crippen LogP) is 2.18. The van der Waals surface area contributed by atoms with Crippen molar-refractivity contribution in [3.05, 3.63) is 29.3 Å². The third kappa shape index (κ3) is 2.61. The summed E-state index contributed by atoms with van der Waals surface area (Å²) in [6.07, 6.45) is 0. The summed E-state index contributed by atoms with van der Waals surface area (Å²) in [5.74, 6) is -7.27. The van der Waals surface area contributed by atoms with Crippen LogP contribution >= 0.6 is 0 Å². The molecule has 0 bridgehead atoms. The minimum absolute atomic E-state index is 0.0730. The Morgan fingerprint density at radius 1 is 1.11 bits per heavy atom. The van der Waals surface area contributed by atoms with Gasteiger partial charge in [0.25, 0.3) is 0 Å². The molecule has 0 aliphatic rings. The van der Waals surface area contributed by atoms with E-state index < -0.39 is 40.4 Å². The summed E-state index contributed by atoms with van der Waals surface area (Å²) in [6, 6.07) is 0.0730. The third-order valence-electron chi connectivity index (χ3n) is 2.54. The number of hydrogen-bond acceptors (Lipinski definition) is 2. The van der Waals surface area contributed by atoms with Crippen molar-refractivity contribution >= 4 is 11.6 Å². The maximum absolute atomic E-state index is 13.3. The van der Waals surface area contributed by atoms with Gasteiger partial charge in [0.1, 0.15) is 5.69 Å². The van der Waals surface area contributed by atoms with Crippen LogP contribution in [0.25, 0.3) is 0 Å². The van der Waals surface area contributed by atoms with Crippen molar-refractivity contribution in [2.24, 2.45) is 0 Å². The van der Waals surface area contributed by atoms with E-state index in [0.717, 1.165) is 0 Å². The molecule has 0 aliphatic carbocycles. The molecule has 0 radical (unpaired) electrons. The summed E-state index contributed by atoms with van der Waals surface area (Å²) in [4.78, 5) is 11.6. The molecule has 7 heteroatoms. The minimum atomic E-state index is -1.64. The normalized spacial score (nSPS) is 11.5. The molecule has 0 saturated heterocycles. The number of nitrogens with one attached hydrogen (secondary N) is 2. The van der Waals surface area contributed by atoms with Crippen LogP contribution in [0.5, 0.6) is 0 Å². The Hall–Kier alpha value is -1.63. The molecule has 0 unspecified atom stereocenters. The minimum Gasteiger partial charge on any atom is -0.319 e. The molecule has 0 spiro atoms. The highest BCUT2D eigenvalue weighted by Crippen LogP contribution is 2.24. The lowest BCUT2D eigenvalue weighted by Crippen LogP contribution is -2.48. The molecule has 0 heterocycles. The number of rotatable bonds is 3. The number of halogens is 4. The number of anilines is 1. The molecule has 2 N–H and O–H groups in total. The highest BCUT2D eigenvalue weighted by atomic mass is 19.2. The molecule has 1 aromatic rings. The predicted molar refractivity (Wildman–Crippen MR) is 58.0 cm³/mol. The van der Waals surface area contributed by atoms with Gasteiger partial charge < -0.3 is 10.6 Å². The van der Waals surface area contributed by atoms with Gasteiger partial charge in [0.2, 0.25) is 5.91 Å². The van der Waals surface area contributed by atoms with E-state index >= 15 is 0 Å². The molecule has 0 aromatic heterocycles. The Balaban J connectivity index is 3.16. The molecule has 1 rings (SSSR count). The Bertz CT molecular complexity index is 462. The maximum Gasteiger partial charge on any atom is 0.244 e. The molecule has 100 valence electrons. The van der Waals surface area contributed by atoms with E-state index in [1.165, 1.54) is 20.9 Å². The topological polar surface area (TPSA) is 41.1 Å². The molecule has 0 aliphatic heterocycles. The summed E-state index contributed by atoms with van der Waals surface area (Å²) in [7, 11) is 1.46. The molecular weight excluding hydrogens is 252 g/mol. The van der Waals surface area contributed by atoms with Gasteiger partial charge in [-0.1, -0.05) is 0 Å². The first kappa shape index (κ1) is 14.4. The summed E-state index contributed by atoms with van der Waals surface area (Å²) >= 11 is 0. The van der Waals surface area contributed by atoms with Crippen LogP contribution in [0.3, 0.4) is 0 Å². The first-order valence-electron chi connectivity index (χ1n) is 5.04. The molecular formula is C11H12F4N2O. The number of carbonyl (C=O) groups excluding carboxylic acids is 1. The van der Waals surface area contributed by atoms with Crippen molar-refractivity contribution in [3.8, 4) is 0 Å². The average Bonchev–Trinajstić information content (AvgIpc) is 2.31. The maximum atomic E-state index is 13.3. The van der Waals surface area contributed by atoms with E-state index in [9.17, 15) is 22.4 Å². The molecule has 0 saturated carbocycles. The van der Waals surface area contributed by atoms with Crippen molar-refractivity contribution in [2.75, 3.05) is 12.4 Å². The second kappa shape index (κ2) is 4.93. The van der Waals surface area contributed by atoms with Crippen LogP contribution in [-0.4, -0.2) is 18.5 Å². The van der Waals surface area contributed by atoms with Gasteiger partial charge in [0.15, 0.2) is 23.3 Å². The summed E-state index contributed by atoms with van der Waals surface area (Å²) < 4.78 is 52.4. The summed E-state index contributed by atoms with van der Waals surface area (Å²) in [6.45, 7) is 2.88.